The molecule has 1 aromatic heterocycles. The van der Waals surface area contributed by atoms with Gasteiger partial charge < -0.3 is 29.6 Å². The minimum absolute atomic E-state index is 0.132. The third-order valence-corrected chi connectivity index (χ3v) is 10.6. The van der Waals surface area contributed by atoms with Gasteiger partial charge in [0.2, 0.25) is 16.9 Å². The standard InChI is InChI=1S/C37H52N8O6S2/c1-39-36(40-33(46)26-28-6-4-8-30(24-28)50-22-16-44-12-18-48-19-13-44)52-32(38)10-2-3-11-35-42-43-37(53-35)41-34(47)27-29-7-5-9-31(25-29)51-23-17-45-14-20-49-21-15-45/h4-9,24-25,36,38-39H,2-3,10-23,26-27H2,1H3,(H,40,46)(H,41,43,47). The Morgan fingerprint density at radius 1 is 0.868 bits per heavy atom. The number of amides is 2. The predicted molar refractivity (Wildman–Crippen MR) is 208 cm³/mol. The summed E-state index contributed by atoms with van der Waals surface area (Å²) in [6.07, 6.45) is 3.33. The molecule has 0 radical (unpaired) electrons. The van der Waals surface area contributed by atoms with Crippen molar-refractivity contribution in [3.8, 4) is 11.5 Å². The molecule has 2 fully saturated rings. The Balaban J connectivity index is 0.936. The monoisotopic (exact) mass is 768 g/mol. The highest BCUT2D eigenvalue weighted by Gasteiger charge is 2.16. The van der Waals surface area contributed by atoms with Crippen molar-refractivity contribution in [1.82, 2.24) is 30.6 Å². The summed E-state index contributed by atoms with van der Waals surface area (Å²) in [7, 11) is 1.76. The SMILES string of the molecule is CNC(NC(=O)Cc1cccc(OCCN2CCOCC2)c1)SC(=N)CCCCc1nnc(NC(=O)Cc2cccc(OCCN3CCOCC3)c2)s1. The Bertz CT molecular complexity index is 1580. The van der Waals surface area contributed by atoms with Gasteiger partial charge in [-0.05, 0) is 61.7 Å². The molecule has 3 aromatic rings. The molecule has 0 bridgehead atoms. The largest absolute Gasteiger partial charge is 0.492 e. The van der Waals surface area contributed by atoms with Crippen molar-refractivity contribution in [3.63, 3.8) is 0 Å². The zero-order valence-electron chi connectivity index (χ0n) is 30.5. The summed E-state index contributed by atoms with van der Waals surface area (Å²) in [4.78, 5) is 30.2. The van der Waals surface area contributed by atoms with Crippen LogP contribution in [0, 0.1) is 5.41 Å². The summed E-state index contributed by atoms with van der Waals surface area (Å²) in [6, 6.07) is 15.2. The number of carbonyl (C=O) groups excluding carboxylic acids is 2. The van der Waals surface area contributed by atoms with Crippen LogP contribution in [0.1, 0.15) is 35.4 Å². The number of morpholine rings is 2. The molecule has 2 amide bonds. The Labute approximate surface area is 320 Å². The van der Waals surface area contributed by atoms with E-state index in [9.17, 15) is 9.59 Å². The number of carbonyl (C=O) groups is 2. The molecular formula is C37H52N8O6S2. The van der Waals surface area contributed by atoms with Gasteiger partial charge in [-0.3, -0.25) is 30.1 Å². The maximum Gasteiger partial charge on any atom is 0.230 e. The second kappa shape index (κ2) is 22.5. The fraction of sp³-hybridized carbons (Fsp3) is 0.541. The van der Waals surface area contributed by atoms with Gasteiger partial charge in [-0.25, -0.2) is 0 Å². The van der Waals surface area contributed by atoms with Gasteiger partial charge in [0.1, 0.15) is 35.2 Å². The van der Waals surface area contributed by atoms with Crippen LogP contribution in [-0.2, 0) is 38.3 Å². The predicted octanol–water partition coefficient (Wildman–Crippen LogP) is 3.43. The zero-order chi connectivity index (χ0) is 37.1. The highest BCUT2D eigenvalue weighted by Crippen LogP contribution is 2.21. The van der Waals surface area contributed by atoms with Crippen LogP contribution >= 0.6 is 23.1 Å². The molecule has 2 aliphatic rings. The average molecular weight is 769 g/mol. The number of aryl methyl sites for hydroxylation is 1. The summed E-state index contributed by atoms with van der Waals surface area (Å²) >= 11 is 2.66. The zero-order valence-corrected chi connectivity index (χ0v) is 32.1. The van der Waals surface area contributed by atoms with Crippen molar-refractivity contribution >= 4 is 45.1 Å². The van der Waals surface area contributed by atoms with E-state index in [0.717, 1.165) is 106 Å². The summed E-state index contributed by atoms with van der Waals surface area (Å²) in [5.74, 6) is 1.20. The van der Waals surface area contributed by atoms with Crippen LogP contribution in [-0.4, -0.2) is 128 Å². The molecule has 0 spiro atoms. The van der Waals surface area contributed by atoms with E-state index in [2.05, 4.69) is 35.9 Å². The fourth-order valence-electron chi connectivity index (χ4n) is 5.79. The number of benzene rings is 2. The third kappa shape index (κ3) is 15.3. The first-order valence-corrected chi connectivity index (χ1v) is 20.0. The van der Waals surface area contributed by atoms with E-state index in [-0.39, 0.29) is 24.7 Å². The first-order valence-electron chi connectivity index (χ1n) is 18.3. The highest BCUT2D eigenvalue weighted by atomic mass is 32.2. The van der Waals surface area contributed by atoms with Crippen LogP contribution in [0.5, 0.6) is 11.5 Å². The Kier molecular flexibility index (Phi) is 17.2. The molecule has 1 unspecified atom stereocenters. The van der Waals surface area contributed by atoms with Gasteiger partial charge in [-0.15, -0.1) is 10.2 Å². The van der Waals surface area contributed by atoms with Crippen molar-refractivity contribution in [2.45, 2.75) is 44.0 Å². The van der Waals surface area contributed by atoms with Crippen molar-refractivity contribution in [3.05, 3.63) is 64.7 Å². The van der Waals surface area contributed by atoms with Gasteiger partial charge in [0, 0.05) is 45.7 Å². The van der Waals surface area contributed by atoms with Gasteiger partial charge >= 0.3 is 0 Å². The van der Waals surface area contributed by atoms with Crippen LogP contribution in [0.3, 0.4) is 0 Å². The smallest absolute Gasteiger partial charge is 0.230 e. The van der Waals surface area contributed by atoms with E-state index in [1.54, 1.807) is 7.05 Å². The molecule has 0 aliphatic carbocycles. The van der Waals surface area contributed by atoms with Gasteiger partial charge in [-0.2, -0.15) is 0 Å². The molecule has 3 heterocycles. The third-order valence-electron chi connectivity index (χ3n) is 8.66. The number of unbranched alkanes of at least 4 members (excludes halogenated alkanes) is 1. The molecule has 288 valence electrons. The minimum atomic E-state index is -0.410. The fourth-order valence-corrected chi connectivity index (χ4v) is 7.44. The number of hydrogen-bond donors (Lipinski definition) is 4. The van der Waals surface area contributed by atoms with E-state index in [4.69, 9.17) is 24.4 Å². The summed E-state index contributed by atoms with van der Waals surface area (Å²) in [6.45, 7) is 9.59. The average Bonchev–Trinajstić information content (AvgIpc) is 3.61. The first-order chi connectivity index (χ1) is 25.9. The Morgan fingerprint density at radius 2 is 1.45 bits per heavy atom. The molecule has 2 aliphatic heterocycles. The van der Waals surface area contributed by atoms with E-state index in [1.165, 1.54) is 23.1 Å². The van der Waals surface area contributed by atoms with E-state index < -0.39 is 5.50 Å². The van der Waals surface area contributed by atoms with E-state index in [1.807, 2.05) is 48.5 Å². The van der Waals surface area contributed by atoms with Gasteiger partial charge in [-0.1, -0.05) is 47.4 Å². The number of nitrogens with one attached hydrogen (secondary N) is 4. The number of hydrogen-bond acceptors (Lipinski definition) is 14. The van der Waals surface area contributed by atoms with Crippen LogP contribution in [0.4, 0.5) is 5.13 Å². The molecule has 4 N–H and O–H groups in total. The van der Waals surface area contributed by atoms with Crippen LogP contribution < -0.4 is 25.4 Å². The van der Waals surface area contributed by atoms with Gasteiger partial charge in [0.15, 0.2) is 0 Å². The normalized spacial score (nSPS) is 15.8. The topological polar surface area (TPSA) is 163 Å². The molecule has 2 saturated heterocycles. The molecule has 2 aromatic carbocycles. The van der Waals surface area contributed by atoms with E-state index in [0.29, 0.717) is 36.2 Å². The Hall–Kier alpha value is -3.64. The summed E-state index contributed by atoms with van der Waals surface area (Å²) in [5.41, 5.74) is 1.32. The maximum absolute atomic E-state index is 12.8. The van der Waals surface area contributed by atoms with Crippen molar-refractivity contribution < 1.29 is 28.5 Å². The molecular weight excluding hydrogens is 717 g/mol. The molecule has 14 nitrogen and oxygen atoms in total. The van der Waals surface area contributed by atoms with Crippen molar-refractivity contribution in [1.29, 1.82) is 5.41 Å². The summed E-state index contributed by atoms with van der Waals surface area (Å²) < 4.78 is 22.6. The molecule has 5 rings (SSSR count). The second-order valence-electron chi connectivity index (χ2n) is 12.8. The van der Waals surface area contributed by atoms with Crippen molar-refractivity contribution in [2.24, 2.45) is 0 Å². The van der Waals surface area contributed by atoms with Crippen molar-refractivity contribution in [2.75, 3.05) is 91.3 Å². The lowest BCUT2D eigenvalue weighted by Gasteiger charge is -2.26. The van der Waals surface area contributed by atoms with Crippen LogP contribution in [0.2, 0.25) is 0 Å². The number of nitrogens with zero attached hydrogens (tertiary/aromatic N) is 4. The molecule has 1 atom stereocenters. The van der Waals surface area contributed by atoms with Gasteiger partial charge in [0.05, 0.1) is 44.3 Å². The number of rotatable bonds is 21. The van der Waals surface area contributed by atoms with E-state index >= 15 is 0 Å². The number of aromatic nitrogens is 2. The lowest BCUT2D eigenvalue weighted by molar-refractivity contribution is -0.120. The van der Waals surface area contributed by atoms with Crippen LogP contribution in [0.25, 0.3) is 0 Å². The first kappa shape index (κ1) is 40.5. The number of thioether (sulfide) groups is 1. The van der Waals surface area contributed by atoms with Crippen LogP contribution in [0.15, 0.2) is 48.5 Å². The second-order valence-corrected chi connectivity index (χ2v) is 15.0. The highest BCUT2D eigenvalue weighted by molar-refractivity contribution is 8.14. The minimum Gasteiger partial charge on any atom is -0.492 e. The summed E-state index contributed by atoms with van der Waals surface area (Å²) in [5, 5.41) is 27.6. The lowest BCUT2D eigenvalue weighted by Crippen LogP contribution is -2.42. The quantitative estimate of drug-likeness (QED) is 0.0542. The molecule has 53 heavy (non-hydrogen) atoms. The molecule has 0 saturated carbocycles. The van der Waals surface area contributed by atoms with Gasteiger partial charge in [0.25, 0.3) is 0 Å². The molecule has 16 heteroatoms. The lowest BCUT2D eigenvalue weighted by atomic mass is 10.1. The number of ether oxygens (including phenoxy) is 4. The maximum atomic E-state index is 12.8. The Morgan fingerprint density at radius 3 is 2.04 bits per heavy atom. The number of anilines is 1.